The van der Waals surface area contributed by atoms with Crippen LogP contribution in [0.25, 0.3) is 44.8 Å². The van der Waals surface area contributed by atoms with Crippen molar-refractivity contribution in [1.82, 2.24) is 9.97 Å². The lowest BCUT2D eigenvalue weighted by Crippen LogP contribution is -1.99. The van der Waals surface area contributed by atoms with Crippen LogP contribution in [0, 0.1) is 0 Å². The van der Waals surface area contributed by atoms with Crippen molar-refractivity contribution in [3.63, 3.8) is 0 Å². The molecule has 1 aromatic heterocycles. The van der Waals surface area contributed by atoms with Crippen molar-refractivity contribution in [1.29, 1.82) is 0 Å². The zero-order valence-electron chi connectivity index (χ0n) is 13.0. The Morgan fingerprint density at radius 3 is 1.04 bits per heavy atom. The predicted octanol–water partition coefficient (Wildman–Crippen LogP) is 5.46. The molecular formula is C22H14N2. The van der Waals surface area contributed by atoms with Crippen LogP contribution >= 0.6 is 0 Å². The Morgan fingerprint density at radius 1 is 0.375 bits per heavy atom. The standard InChI is InChI=1S/C22H14N2/c1-2-8-16-15(7-1)17-9-3-5-11-19(17)21-22(24-14-13-23-21)20-12-6-4-10-18(16)20/h1-14H. The topological polar surface area (TPSA) is 25.8 Å². The number of hydrogen-bond acceptors (Lipinski definition) is 2. The van der Waals surface area contributed by atoms with E-state index in [0.29, 0.717) is 0 Å². The van der Waals surface area contributed by atoms with Gasteiger partial charge in [-0.2, -0.15) is 0 Å². The van der Waals surface area contributed by atoms with Crippen molar-refractivity contribution in [2.45, 2.75) is 0 Å². The van der Waals surface area contributed by atoms with E-state index >= 15 is 0 Å². The van der Waals surface area contributed by atoms with Crippen LogP contribution in [0.4, 0.5) is 0 Å². The number of fused-ring (bicyclic) bond motifs is 8. The van der Waals surface area contributed by atoms with Crippen LogP contribution in [0.1, 0.15) is 0 Å². The summed E-state index contributed by atoms with van der Waals surface area (Å²) >= 11 is 0. The third-order valence-corrected chi connectivity index (χ3v) is 4.57. The summed E-state index contributed by atoms with van der Waals surface area (Å²) in [6.07, 6.45) is 3.54. The Labute approximate surface area is 140 Å². The van der Waals surface area contributed by atoms with E-state index in [1.807, 2.05) is 0 Å². The van der Waals surface area contributed by atoms with Crippen LogP contribution in [0.15, 0.2) is 85.2 Å². The average molecular weight is 306 g/mol. The highest BCUT2D eigenvalue weighted by Crippen LogP contribution is 2.45. The molecule has 3 aromatic carbocycles. The van der Waals surface area contributed by atoms with E-state index in [1.165, 1.54) is 22.3 Å². The first-order chi connectivity index (χ1) is 11.9. The summed E-state index contributed by atoms with van der Waals surface area (Å²) in [7, 11) is 0. The third kappa shape index (κ3) is 1.83. The Balaban J connectivity index is 2.01. The summed E-state index contributed by atoms with van der Waals surface area (Å²) in [4.78, 5) is 9.34. The summed E-state index contributed by atoms with van der Waals surface area (Å²) in [5.74, 6) is 0. The van der Waals surface area contributed by atoms with E-state index in [1.54, 1.807) is 12.4 Å². The quantitative estimate of drug-likeness (QED) is 0.380. The minimum Gasteiger partial charge on any atom is -0.252 e. The van der Waals surface area contributed by atoms with Crippen molar-refractivity contribution in [3.05, 3.63) is 85.2 Å². The van der Waals surface area contributed by atoms with Crippen LogP contribution in [-0.2, 0) is 0 Å². The van der Waals surface area contributed by atoms with E-state index in [-0.39, 0.29) is 0 Å². The third-order valence-electron chi connectivity index (χ3n) is 4.57. The SMILES string of the molecule is c1ccc2c(c1)-c1ccccc1-c1nccnc1-c1ccccc1-2. The van der Waals surface area contributed by atoms with Gasteiger partial charge in [-0.15, -0.1) is 0 Å². The lowest BCUT2D eigenvalue weighted by Gasteiger charge is -2.21. The molecule has 112 valence electrons. The summed E-state index contributed by atoms with van der Waals surface area (Å²) in [5, 5.41) is 0. The molecule has 2 nitrogen and oxygen atoms in total. The molecule has 0 atom stereocenters. The summed E-state index contributed by atoms with van der Waals surface area (Å²) < 4.78 is 0. The molecule has 0 amide bonds. The molecule has 0 aliphatic heterocycles. The molecule has 0 unspecified atom stereocenters. The molecule has 1 aliphatic rings. The molecule has 0 fully saturated rings. The summed E-state index contributed by atoms with van der Waals surface area (Å²) in [6, 6.07) is 25.5. The fraction of sp³-hybridized carbons (Fsp3) is 0. The molecule has 0 saturated heterocycles. The van der Waals surface area contributed by atoms with Crippen LogP contribution in [0.3, 0.4) is 0 Å². The van der Waals surface area contributed by atoms with Gasteiger partial charge in [0.1, 0.15) is 0 Å². The van der Waals surface area contributed by atoms with Gasteiger partial charge >= 0.3 is 0 Å². The van der Waals surface area contributed by atoms with Crippen molar-refractivity contribution in [2.24, 2.45) is 0 Å². The van der Waals surface area contributed by atoms with Gasteiger partial charge in [0.05, 0.1) is 11.4 Å². The summed E-state index contributed by atoms with van der Waals surface area (Å²) in [6.45, 7) is 0. The van der Waals surface area contributed by atoms with E-state index < -0.39 is 0 Å². The minimum atomic E-state index is 0.940. The number of rotatable bonds is 0. The maximum absolute atomic E-state index is 4.67. The lowest BCUT2D eigenvalue weighted by atomic mass is 9.84. The maximum atomic E-state index is 4.67. The van der Waals surface area contributed by atoms with Crippen molar-refractivity contribution in [2.75, 3.05) is 0 Å². The Hall–Kier alpha value is -3.26. The largest absolute Gasteiger partial charge is 0.252 e. The Bertz CT molecular complexity index is 779. The highest BCUT2D eigenvalue weighted by molar-refractivity contribution is 6.00. The lowest BCUT2D eigenvalue weighted by molar-refractivity contribution is 1.21. The Kier molecular flexibility index (Phi) is 2.83. The molecule has 1 heterocycles. The molecule has 4 aromatic rings. The monoisotopic (exact) mass is 306 g/mol. The van der Waals surface area contributed by atoms with E-state index in [9.17, 15) is 0 Å². The maximum Gasteiger partial charge on any atom is 0.0971 e. The molecule has 0 radical (unpaired) electrons. The molecule has 0 N–H and O–H groups in total. The van der Waals surface area contributed by atoms with Gasteiger partial charge < -0.3 is 0 Å². The molecular weight excluding hydrogens is 292 g/mol. The number of benzene rings is 3. The molecule has 0 saturated carbocycles. The van der Waals surface area contributed by atoms with Crippen LogP contribution in [0.2, 0.25) is 0 Å². The first-order valence-corrected chi connectivity index (χ1v) is 8.03. The van der Waals surface area contributed by atoms with Gasteiger partial charge in [-0.1, -0.05) is 72.8 Å². The van der Waals surface area contributed by atoms with Crippen LogP contribution < -0.4 is 0 Å². The van der Waals surface area contributed by atoms with Gasteiger partial charge in [0, 0.05) is 23.5 Å². The Morgan fingerprint density at radius 2 is 0.667 bits per heavy atom. The second-order valence-corrected chi connectivity index (χ2v) is 5.89. The second kappa shape index (κ2) is 5.14. The number of hydrogen-bond donors (Lipinski definition) is 0. The predicted molar refractivity (Wildman–Crippen MR) is 97.3 cm³/mol. The van der Waals surface area contributed by atoms with Crippen LogP contribution in [0.5, 0.6) is 0 Å². The normalized spacial score (nSPS) is 11.3. The molecule has 5 rings (SSSR count). The average Bonchev–Trinajstić information content (AvgIpc) is 2.67. The molecule has 0 spiro atoms. The van der Waals surface area contributed by atoms with E-state index in [2.05, 4.69) is 82.8 Å². The fourth-order valence-corrected chi connectivity index (χ4v) is 3.53. The highest BCUT2D eigenvalue weighted by Gasteiger charge is 2.22. The van der Waals surface area contributed by atoms with Gasteiger partial charge in [-0.3, -0.25) is 9.97 Å². The number of aromatic nitrogens is 2. The van der Waals surface area contributed by atoms with Gasteiger partial charge in [0.25, 0.3) is 0 Å². The van der Waals surface area contributed by atoms with Crippen LogP contribution in [-0.4, -0.2) is 9.97 Å². The van der Waals surface area contributed by atoms with Gasteiger partial charge in [-0.05, 0) is 22.3 Å². The molecule has 1 aliphatic carbocycles. The first kappa shape index (κ1) is 13.2. The first-order valence-electron chi connectivity index (χ1n) is 8.03. The molecule has 24 heavy (non-hydrogen) atoms. The minimum absolute atomic E-state index is 0.940. The van der Waals surface area contributed by atoms with Crippen molar-refractivity contribution < 1.29 is 0 Å². The molecule has 2 heteroatoms. The van der Waals surface area contributed by atoms with E-state index in [4.69, 9.17) is 0 Å². The second-order valence-electron chi connectivity index (χ2n) is 5.89. The number of nitrogens with zero attached hydrogens (tertiary/aromatic N) is 2. The highest BCUT2D eigenvalue weighted by atomic mass is 14.8. The smallest absolute Gasteiger partial charge is 0.0971 e. The fourth-order valence-electron chi connectivity index (χ4n) is 3.53. The van der Waals surface area contributed by atoms with Crippen molar-refractivity contribution >= 4 is 0 Å². The van der Waals surface area contributed by atoms with Crippen molar-refractivity contribution in [3.8, 4) is 44.8 Å². The summed E-state index contributed by atoms with van der Waals surface area (Å²) in [5.41, 5.74) is 9.00. The van der Waals surface area contributed by atoms with Gasteiger partial charge in [0.15, 0.2) is 0 Å². The zero-order chi connectivity index (χ0) is 15.9. The van der Waals surface area contributed by atoms with Gasteiger partial charge in [0.2, 0.25) is 0 Å². The zero-order valence-corrected chi connectivity index (χ0v) is 13.0. The van der Waals surface area contributed by atoms with Gasteiger partial charge in [-0.25, -0.2) is 0 Å². The van der Waals surface area contributed by atoms with E-state index in [0.717, 1.165) is 22.5 Å². The molecule has 0 bridgehead atoms.